The van der Waals surface area contributed by atoms with E-state index in [1.165, 1.54) is 0 Å². The number of rotatable bonds is 1. The molecule has 1 aromatic rings. The fourth-order valence-corrected chi connectivity index (χ4v) is 0.903. The predicted octanol–water partition coefficient (Wildman–Crippen LogP) is 1.85. The van der Waals surface area contributed by atoms with Gasteiger partial charge in [0.05, 0.1) is 0 Å². The second kappa shape index (κ2) is 6.17. The molecule has 3 nitrogen and oxygen atoms in total. The molecule has 0 N–H and O–H groups in total. The number of aryl methyl sites for hydroxylation is 1. The predicted molar refractivity (Wildman–Crippen MR) is 56.2 cm³/mol. The molecule has 0 aliphatic heterocycles. The second-order valence-electron chi connectivity index (χ2n) is 2.16. The first-order chi connectivity index (χ1) is 6.29. The molecule has 0 aliphatic rings. The van der Waals surface area contributed by atoms with Gasteiger partial charge in [0.25, 0.3) is 0 Å². The van der Waals surface area contributed by atoms with E-state index in [4.69, 9.17) is 0 Å². The molecule has 0 spiro atoms. The summed E-state index contributed by atoms with van der Waals surface area (Å²) in [6, 6.07) is 1.91. The van der Waals surface area contributed by atoms with E-state index in [1.54, 1.807) is 19.4 Å². The molecule has 3 heteroatoms. The Morgan fingerprint density at radius 3 is 2.54 bits per heavy atom. The maximum Gasteiger partial charge on any atom is 0.228 e. The maximum absolute atomic E-state index is 4.05. The van der Waals surface area contributed by atoms with Crippen LogP contribution in [0.3, 0.4) is 0 Å². The van der Waals surface area contributed by atoms with Gasteiger partial charge in [-0.1, -0.05) is 20.4 Å². The third kappa shape index (κ3) is 2.86. The van der Waals surface area contributed by atoms with Crippen LogP contribution < -0.4 is 5.62 Å². The van der Waals surface area contributed by atoms with Gasteiger partial charge in [0.1, 0.15) is 0 Å². The Morgan fingerprint density at radius 1 is 1.54 bits per heavy atom. The molecule has 0 bridgehead atoms. The fourth-order valence-electron chi connectivity index (χ4n) is 0.903. The summed E-state index contributed by atoms with van der Waals surface area (Å²) in [5.74, 6) is 0. The Balaban J connectivity index is 0.000000671. The van der Waals surface area contributed by atoms with Crippen molar-refractivity contribution in [2.24, 2.45) is 4.99 Å². The standard InChI is InChI=1S/C8H11N3.C2H6/c1-4-11-7(2)5-6-10-8(11)9-3;1-2/h4-6H,1H2,2-3H3;1-2H3. The zero-order chi connectivity index (χ0) is 10.3. The highest BCUT2D eigenvalue weighted by Gasteiger charge is 1.90. The van der Waals surface area contributed by atoms with Crippen molar-refractivity contribution in [2.45, 2.75) is 20.8 Å². The molecule has 72 valence electrons. The molecule has 0 saturated carbocycles. The van der Waals surface area contributed by atoms with E-state index < -0.39 is 0 Å². The minimum absolute atomic E-state index is 0.681. The van der Waals surface area contributed by atoms with Gasteiger partial charge in [0.2, 0.25) is 5.62 Å². The van der Waals surface area contributed by atoms with Gasteiger partial charge in [-0.15, -0.1) is 0 Å². The SMILES string of the molecule is C=Cn1c(C)ccnc1=NC.CC. The van der Waals surface area contributed by atoms with E-state index >= 15 is 0 Å². The van der Waals surface area contributed by atoms with Crippen LogP contribution in [-0.2, 0) is 0 Å². The third-order valence-electron chi connectivity index (χ3n) is 1.48. The highest BCUT2D eigenvalue weighted by molar-refractivity contribution is 5.19. The van der Waals surface area contributed by atoms with Crippen LogP contribution >= 0.6 is 0 Å². The van der Waals surface area contributed by atoms with E-state index in [0.717, 1.165) is 5.69 Å². The summed E-state index contributed by atoms with van der Waals surface area (Å²) in [5.41, 5.74) is 1.76. The minimum Gasteiger partial charge on any atom is -0.291 e. The molecule has 13 heavy (non-hydrogen) atoms. The fraction of sp³-hybridized carbons (Fsp3) is 0.400. The Hall–Kier alpha value is -1.38. The van der Waals surface area contributed by atoms with E-state index in [2.05, 4.69) is 16.6 Å². The summed E-state index contributed by atoms with van der Waals surface area (Å²) < 4.78 is 1.83. The number of aromatic nitrogens is 2. The first kappa shape index (κ1) is 11.6. The summed E-state index contributed by atoms with van der Waals surface area (Å²) in [6.07, 6.45) is 3.43. The van der Waals surface area contributed by atoms with Crippen molar-refractivity contribution in [3.63, 3.8) is 0 Å². The Morgan fingerprint density at radius 2 is 2.15 bits per heavy atom. The summed E-state index contributed by atoms with van der Waals surface area (Å²) >= 11 is 0. The quantitative estimate of drug-likeness (QED) is 0.647. The second-order valence-corrected chi connectivity index (χ2v) is 2.16. The smallest absolute Gasteiger partial charge is 0.228 e. The molecule has 0 aromatic carbocycles. The van der Waals surface area contributed by atoms with Gasteiger partial charge < -0.3 is 0 Å². The minimum atomic E-state index is 0.681. The lowest BCUT2D eigenvalue weighted by atomic mass is 10.4. The van der Waals surface area contributed by atoms with Gasteiger partial charge in [-0.05, 0) is 13.0 Å². The molecule has 0 radical (unpaired) electrons. The van der Waals surface area contributed by atoms with E-state index in [9.17, 15) is 0 Å². The summed E-state index contributed by atoms with van der Waals surface area (Å²) in [6.45, 7) is 9.65. The zero-order valence-corrected chi connectivity index (χ0v) is 8.78. The summed E-state index contributed by atoms with van der Waals surface area (Å²) in [4.78, 5) is 8.04. The molecule has 0 fully saturated rings. The number of nitrogens with zero attached hydrogens (tertiary/aromatic N) is 3. The van der Waals surface area contributed by atoms with E-state index in [1.807, 2.05) is 31.4 Å². The number of hydrogen-bond acceptors (Lipinski definition) is 2. The zero-order valence-electron chi connectivity index (χ0n) is 8.78. The average Bonchev–Trinajstić information content (AvgIpc) is 2.20. The van der Waals surface area contributed by atoms with Crippen molar-refractivity contribution >= 4 is 6.20 Å². The Bertz CT molecular complexity index is 323. The molecule has 1 heterocycles. The lowest BCUT2D eigenvalue weighted by Gasteiger charge is -2.02. The molecule has 0 unspecified atom stereocenters. The van der Waals surface area contributed by atoms with Crippen LogP contribution in [0, 0.1) is 6.92 Å². The van der Waals surface area contributed by atoms with Gasteiger partial charge in [0.15, 0.2) is 0 Å². The molecule has 1 aromatic heterocycles. The first-order valence-electron chi connectivity index (χ1n) is 4.39. The van der Waals surface area contributed by atoms with E-state index in [-0.39, 0.29) is 0 Å². The van der Waals surface area contributed by atoms with Crippen molar-refractivity contribution in [3.05, 3.63) is 30.2 Å². The van der Waals surface area contributed by atoms with Gasteiger partial charge in [-0.25, -0.2) is 4.98 Å². The van der Waals surface area contributed by atoms with Crippen LogP contribution in [0.15, 0.2) is 23.8 Å². The van der Waals surface area contributed by atoms with Crippen LogP contribution in [0.2, 0.25) is 0 Å². The van der Waals surface area contributed by atoms with Crippen molar-refractivity contribution in [3.8, 4) is 0 Å². The molecular formula is C10H17N3. The highest BCUT2D eigenvalue weighted by Crippen LogP contribution is 1.90. The molecule has 0 saturated heterocycles. The van der Waals surface area contributed by atoms with Gasteiger partial charge >= 0.3 is 0 Å². The molecular weight excluding hydrogens is 162 g/mol. The molecule has 1 rings (SSSR count). The highest BCUT2D eigenvalue weighted by atomic mass is 15.1. The van der Waals surface area contributed by atoms with Crippen LogP contribution in [0.4, 0.5) is 0 Å². The van der Waals surface area contributed by atoms with Crippen LogP contribution in [0.1, 0.15) is 19.5 Å². The first-order valence-corrected chi connectivity index (χ1v) is 4.39. The lowest BCUT2D eigenvalue weighted by Crippen LogP contribution is -2.21. The Kier molecular flexibility index (Phi) is 5.52. The van der Waals surface area contributed by atoms with Crippen LogP contribution in [-0.4, -0.2) is 16.6 Å². The van der Waals surface area contributed by atoms with Crippen molar-refractivity contribution < 1.29 is 0 Å². The molecule has 0 amide bonds. The van der Waals surface area contributed by atoms with E-state index in [0.29, 0.717) is 5.62 Å². The Labute approximate surface area is 79.5 Å². The average molecular weight is 179 g/mol. The van der Waals surface area contributed by atoms with Crippen LogP contribution in [0.5, 0.6) is 0 Å². The monoisotopic (exact) mass is 179 g/mol. The van der Waals surface area contributed by atoms with Crippen molar-refractivity contribution in [1.82, 2.24) is 9.55 Å². The van der Waals surface area contributed by atoms with Crippen LogP contribution in [0.25, 0.3) is 6.20 Å². The van der Waals surface area contributed by atoms with Gasteiger partial charge in [0, 0.05) is 25.1 Å². The maximum atomic E-state index is 4.05. The van der Waals surface area contributed by atoms with Gasteiger partial charge in [-0.2, -0.15) is 0 Å². The normalized spacial score (nSPS) is 10.3. The van der Waals surface area contributed by atoms with Crippen molar-refractivity contribution in [2.75, 3.05) is 7.05 Å². The summed E-state index contributed by atoms with van der Waals surface area (Å²) in [7, 11) is 1.71. The number of hydrogen-bond donors (Lipinski definition) is 0. The summed E-state index contributed by atoms with van der Waals surface area (Å²) in [5, 5.41) is 0. The van der Waals surface area contributed by atoms with Gasteiger partial charge in [-0.3, -0.25) is 9.56 Å². The lowest BCUT2D eigenvalue weighted by molar-refractivity contribution is 0.866. The molecule has 0 atom stereocenters. The largest absolute Gasteiger partial charge is 0.291 e. The van der Waals surface area contributed by atoms with Crippen molar-refractivity contribution in [1.29, 1.82) is 0 Å². The molecule has 0 aliphatic carbocycles. The topological polar surface area (TPSA) is 30.2 Å². The third-order valence-corrected chi connectivity index (χ3v) is 1.48.